The van der Waals surface area contributed by atoms with E-state index in [1.54, 1.807) is 35.0 Å². The van der Waals surface area contributed by atoms with Crippen molar-refractivity contribution in [3.05, 3.63) is 11.2 Å². The van der Waals surface area contributed by atoms with Crippen molar-refractivity contribution in [3.8, 4) is 0 Å². The standard InChI is InChI=1S/C12H20N2O2S2/c1-9-13-8-10(18-9)17-7-6-14(5)11(15)16-12(2,3)4/h8H,6-7H2,1-5H3. The number of hydrogen-bond acceptors (Lipinski definition) is 5. The van der Waals surface area contributed by atoms with Crippen LogP contribution in [0.5, 0.6) is 0 Å². The van der Waals surface area contributed by atoms with Gasteiger partial charge in [0, 0.05) is 19.3 Å². The summed E-state index contributed by atoms with van der Waals surface area (Å²) in [5.74, 6) is 0.845. The quantitative estimate of drug-likeness (QED) is 0.796. The fourth-order valence-corrected chi connectivity index (χ4v) is 3.17. The number of aryl methyl sites for hydroxylation is 1. The van der Waals surface area contributed by atoms with Gasteiger partial charge in [-0.15, -0.1) is 23.1 Å². The molecule has 0 aliphatic rings. The summed E-state index contributed by atoms with van der Waals surface area (Å²) in [6.07, 6.45) is 1.60. The Morgan fingerprint density at radius 1 is 1.56 bits per heavy atom. The number of rotatable bonds is 4. The molecule has 1 rings (SSSR count). The molecule has 0 N–H and O–H groups in total. The molecular formula is C12H20N2O2S2. The zero-order valence-electron chi connectivity index (χ0n) is 11.5. The molecule has 0 saturated heterocycles. The first kappa shape index (κ1) is 15.3. The summed E-state index contributed by atoms with van der Waals surface area (Å²) < 4.78 is 6.46. The van der Waals surface area contributed by atoms with Crippen molar-refractivity contribution in [1.29, 1.82) is 0 Å². The van der Waals surface area contributed by atoms with Gasteiger partial charge >= 0.3 is 6.09 Å². The van der Waals surface area contributed by atoms with Gasteiger partial charge in [-0.2, -0.15) is 0 Å². The Morgan fingerprint density at radius 3 is 2.72 bits per heavy atom. The molecule has 4 nitrogen and oxygen atoms in total. The van der Waals surface area contributed by atoms with E-state index in [2.05, 4.69) is 4.98 Å². The Balaban J connectivity index is 2.28. The second kappa shape index (κ2) is 6.43. The van der Waals surface area contributed by atoms with Crippen LogP contribution in [0, 0.1) is 6.92 Å². The van der Waals surface area contributed by atoms with Crippen molar-refractivity contribution in [1.82, 2.24) is 9.88 Å². The van der Waals surface area contributed by atoms with Crippen LogP contribution in [0.15, 0.2) is 10.4 Å². The van der Waals surface area contributed by atoms with Crippen LogP contribution in [0.25, 0.3) is 0 Å². The van der Waals surface area contributed by atoms with Crippen molar-refractivity contribution in [2.75, 3.05) is 19.3 Å². The molecule has 0 fully saturated rings. The molecule has 0 saturated carbocycles. The predicted octanol–water partition coefficient (Wildman–Crippen LogP) is 3.41. The van der Waals surface area contributed by atoms with Gasteiger partial charge in [-0.1, -0.05) is 0 Å². The van der Waals surface area contributed by atoms with Gasteiger partial charge in [-0.05, 0) is 27.7 Å². The minimum atomic E-state index is -0.437. The number of thiazole rings is 1. The molecule has 1 aromatic heterocycles. The lowest BCUT2D eigenvalue weighted by Crippen LogP contribution is -2.35. The maximum Gasteiger partial charge on any atom is 0.410 e. The topological polar surface area (TPSA) is 42.4 Å². The Hall–Kier alpha value is -0.750. The minimum Gasteiger partial charge on any atom is -0.444 e. The lowest BCUT2D eigenvalue weighted by Gasteiger charge is -2.24. The van der Waals surface area contributed by atoms with Crippen molar-refractivity contribution in [2.45, 2.75) is 37.5 Å². The van der Waals surface area contributed by atoms with Gasteiger partial charge in [-0.25, -0.2) is 9.78 Å². The van der Waals surface area contributed by atoms with Crippen LogP contribution in [0.1, 0.15) is 25.8 Å². The van der Waals surface area contributed by atoms with E-state index in [1.165, 1.54) is 4.21 Å². The van der Waals surface area contributed by atoms with Crippen LogP contribution in [0.2, 0.25) is 0 Å². The van der Waals surface area contributed by atoms with E-state index in [9.17, 15) is 4.79 Å². The van der Waals surface area contributed by atoms with E-state index >= 15 is 0 Å². The third-order valence-corrected chi connectivity index (χ3v) is 4.06. The van der Waals surface area contributed by atoms with Crippen LogP contribution in [0.4, 0.5) is 4.79 Å². The third-order valence-electron chi connectivity index (χ3n) is 1.98. The molecule has 1 aromatic rings. The molecule has 102 valence electrons. The normalized spacial score (nSPS) is 11.4. The van der Waals surface area contributed by atoms with Crippen LogP contribution in [-0.2, 0) is 4.74 Å². The summed E-state index contributed by atoms with van der Waals surface area (Å²) in [7, 11) is 1.76. The summed E-state index contributed by atoms with van der Waals surface area (Å²) >= 11 is 3.39. The Kier molecular flexibility index (Phi) is 5.47. The van der Waals surface area contributed by atoms with Gasteiger partial charge in [0.1, 0.15) is 5.60 Å². The van der Waals surface area contributed by atoms with Crippen molar-refractivity contribution >= 4 is 29.2 Å². The molecular weight excluding hydrogens is 268 g/mol. The molecule has 18 heavy (non-hydrogen) atoms. The average Bonchev–Trinajstić information content (AvgIpc) is 2.61. The highest BCUT2D eigenvalue weighted by Crippen LogP contribution is 2.24. The number of ether oxygens (including phenoxy) is 1. The van der Waals surface area contributed by atoms with Crippen LogP contribution < -0.4 is 0 Å². The monoisotopic (exact) mass is 288 g/mol. The van der Waals surface area contributed by atoms with Gasteiger partial charge in [0.05, 0.1) is 15.4 Å². The number of thioether (sulfide) groups is 1. The van der Waals surface area contributed by atoms with E-state index in [1.807, 2.05) is 33.9 Å². The maximum absolute atomic E-state index is 11.7. The Bertz CT molecular complexity index is 399. The highest BCUT2D eigenvalue weighted by atomic mass is 32.2. The SMILES string of the molecule is Cc1ncc(SCCN(C)C(=O)OC(C)(C)C)s1. The number of carbonyl (C=O) groups is 1. The van der Waals surface area contributed by atoms with Crippen molar-refractivity contribution in [3.63, 3.8) is 0 Å². The van der Waals surface area contributed by atoms with Crippen LogP contribution in [0.3, 0.4) is 0 Å². The number of amides is 1. The number of carbonyl (C=O) groups excluding carboxylic acids is 1. The highest BCUT2D eigenvalue weighted by Gasteiger charge is 2.19. The van der Waals surface area contributed by atoms with E-state index in [-0.39, 0.29) is 6.09 Å². The average molecular weight is 288 g/mol. The first-order valence-electron chi connectivity index (χ1n) is 5.77. The molecule has 0 bridgehead atoms. The maximum atomic E-state index is 11.7. The van der Waals surface area contributed by atoms with Crippen molar-refractivity contribution < 1.29 is 9.53 Å². The highest BCUT2D eigenvalue weighted by molar-refractivity contribution is 8.01. The van der Waals surface area contributed by atoms with Gasteiger partial charge < -0.3 is 9.64 Å². The summed E-state index contributed by atoms with van der Waals surface area (Å²) in [5, 5.41) is 1.07. The summed E-state index contributed by atoms with van der Waals surface area (Å²) in [4.78, 5) is 17.5. The zero-order valence-corrected chi connectivity index (χ0v) is 13.2. The molecule has 0 atom stereocenters. The van der Waals surface area contributed by atoms with E-state index in [4.69, 9.17) is 4.74 Å². The van der Waals surface area contributed by atoms with Crippen LogP contribution in [-0.4, -0.2) is 40.9 Å². The smallest absolute Gasteiger partial charge is 0.410 e. The third kappa shape index (κ3) is 5.73. The first-order valence-corrected chi connectivity index (χ1v) is 7.57. The van der Waals surface area contributed by atoms with Crippen molar-refractivity contribution in [2.24, 2.45) is 0 Å². The summed E-state index contributed by atoms with van der Waals surface area (Å²) in [6, 6.07) is 0. The van der Waals surface area contributed by atoms with E-state index in [0.29, 0.717) is 6.54 Å². The molecule has 0 aromatic carbocycles. The fraction of sp³-hybridized carbons (Fsp3) is 0.667. The molecule has 0 aliphatic heterocycles. The molecule has 0 aliphatic carbocycles. The predicted molar refractivity (Wildman–Crippen MR) is 76.4 cm³/mol. The molecule has 1 amide bonds. The fourth-order valence-electron chi connectivity index (χ4n) is 1.12. The van der Waals surface area contributed by atoms with E-state index < -0.39 is 5.60 Å². The minimum absolute atomic E-state index is 0.274. The molecule has 0 spiro atoms. The van der Waals surface area contributed by atoms with Gasteiger partial charge in [0.2, 0.25) is 0 Å². The second-order valence-electron chi connectivity index (χ2n) is 4.95. The molecule has 6 heteroatoms. The second-order valence-corrected chi connectivity index (χ2v) is 7.58. The summed E-state index contributed by atoms with van der Waals surface area (Å²) in [6.45, 7) is 8.26. The van der Waals surface area contributed by atoms with Gasteiger partial charge in [-0.3, -0.25) is 0 Å². The lowest BCUT2D eigenvalue weighted by atomic mass is 10.2. The number of nitrogens with zero attached hydrogens (tertiary/aromatic N) is 2. The Labute approximate surface area is 117 Å². The zero-order chi connectivity index (χ0) is 13.8. The Morgan fingerprint density at radius 2 is 2.22 bits per heavy atom. The molecule has 0 unspecified atom stereocenters. The van der Waals surface area contributed by atoms with Gasteiger partial charge in [0.25, 0.3) is 0 Å². The lowest BCUT2D eigenvalue weighted by molar-refractivity contribution is 0.0309. The van der Waals surface area contributed by atoms with Crippen LogP contribution >= 0.6 is 23.1 Å². The summed E-state index contributed by atoms with van der Waals surface area (Å²) in [5.41, 5.74) is -0.437. The number of hydrogen-bond donors (Lipinski definition) is 0. The molecule has 1 heterocycles. The van der Waals surface area contributed by atoms with Gasteiger partial charge in [0.15, 0.2) is 0 Å². The van der Waals surface area contributed by atoms with E-state index in [0.717, 1.165) is 10.8 Å². The molecule has 0 radical (unpaired) electrons. The first-order chi connectivity index (χ1) is 8.28. The largest absolute Gasteiger partial charge is 0.444 e. The number of aromatic nitrogens is 1.